The van der Waals surface area contributed by atoms with Crippen LogP contribution in [0.5, 0.6) is 11.5 Å². The summed E-state index contributed by atoms with van der Waals surface area (Å²) in [5.74, 6) is 0.290. The summed E-state index contributed by atoms with van der Waals surface area (Å²) in [4.78, 5) is 31.6. The molecule has 0 saturated heterocycles. The molecule has 45 heavy (non-hydrogen) atoms. The van der Waals surface area contributed by atoms with Gasteiger partial charge in [-0.15, -0.1) is 0 Å². The summed E-state index contributed by atoms with van der Waals surface area (Å²) in [6.07, 6.45) is 3.08. The highest BCUT2D eigenvalue weighted by atomic mass is 35.5. The van der Waals surface area contributed by atoms with E-state index >= 15 is 0 Å². The van der Waals surface area contributed by atoms with Crippen LogP contribution in [0.15, 0.2) is 48.7 Å². The van der Waals surface area contributed by atoms with Gasteiger partial charge in [0.1, 0.15) is 19.0 Å². The number of pyridine rings is 1. The van der Waals surface area contributed by atoms with Crippen LogP contribution in [0.3, 0.4) is 0 Å². The Morgan fingerprint density at radius 1 is 1.04 bits per heavy atom. The van der Waals surface area contributed by atoms with E-state index in [4.69, 9.17) is 49.0 Å². The molecule has 9 nitrogen and oxygen atoms in total. The first kappa shape index (κ1) is 34.6. The largest absolute Gasteiger partial charge is 0.490 e. The Kier molecular flexibility index (Phi) is 12.6. The molecule has 242 valence electrons. The van der Waals surface area contributed by atoms with Gasteiger partial charge in [-0.2, -0.15) is 0 Å². The third-order valence-electron chi connectivity index (χ3n) is 7.55. The van der Waals surface area contributed by atoms with Crippen molar-refractivity contribution in [2.75, 3.05) is 26.9 Å². The standard InChI is InChI=1S/C33H38Cl3N3O6/c1-4-30(43-3)29-16-23(28(36)18-37-29)19-39(24-7-8-24)32(40)22(17-38-33(41)42)15-21-5-9-25(10-6-21)44-11-12-45-31-26(34)13-20(2)14-27(31)35/h5-6,9-10,13-14,16,18,22,24,30,38H,4,7-8,11-12,15,17,19H2,1-3H3,(H,41,42). The monoisotopic (exact) mass is 677 g/mol. The summed E-state index contributed by atoms with van der Waals surface area (Å²) in [7, 11) is 1.64. The second kappa shape index (κ2) is 16.4. The SMILES string of the molecule is CCC(OC)c1cc(CN(C(=O)C(CNC(=O)O)Cc2ccc(OCCOc3c(Cl)cc(C)cc3Cl)cc2)C2CC2)c(Cl)cn1. The van der Waals surface area contributed by atoms with E-state index in [0.717, 1.165) is 41.6 Å². The van der Waals surface area contributed by atoms with E-state index in [1.807, 2.05) is 49.1 Å². The molecule has 1 heterocycles. The van der Waals surface area contributed by atoms with Gasteiger partial charge in [-0.1, -0.05) is 53.9 Å². The average molecular weight is 679 g/mol. The molecule has 1 aliphatic rings. The second-order valence-electron chi connectivity index (χ2n) is 11.0. The zero-order valence-electron chi connectivity index (χ0n) is 25.5. The Bertz CT molecular complexity index is 1440. The van der Waals surface area contributed by atoms with Gasteiger partial charge in [-0.05, 0) is 79.6 Å². The van der Waals surface area contributed by atoms with Crippen molar-refractivity contribution in [1.82, 2.24) is 15.2 Å². The number of rotatable bonds is 16. The van der Waals surface area contributed by atoms with Gasteiger partial charge < -0.3 is 29.5 Å². The maximum Gasteiger partial charge on any atom is 0.404 e. The van der Waals surface area contributed by atoms with Crippen molar-refractivity contribution in [3.8, 4) is 11.5 Å². The highest BCUT2D eigenvalue weighted by molar-refractivity contribution is 6.37. The van der Waals surface area contributed by atoms with Gasteiger partial charge in [0.25, 0.3) is 0 Å². The fraction of sp³-hybridized carbons (Fsp3) is 0.424. The molecule has 1 aliphatic carbocycles. The number of aryl methyl sites for hydroxylation is 1. The zero-order chi connectivity index (χ0) is 32.5. The van der Waals surface area contributed by atoms with Crippen molar-refractivity contribution in [2.45, 2.75) is 58.2 Å². The Morgan fingerprint density at radius 3 is 2.31 bits per heavy atom. The fourth-order valence-corrected chi connectivity index (χ4v) is 5.94. The number of methoxy groups -OCH3 is 1. The van der Waals surface area contributed by atoms with Gasteiger partial charge in [0, 0.05) is 32.4 Å². The maximum absolute atomic E-state index is 14.0. The Labute approximate surface area is 278 Å². The van der Waals surface area contributed by atoms with Gasteiger partial charge in [0.15, 0.2) is 5.75 Å². The molecule has 2 aromatic carbocycles. The topological polar surface area (TPSA) is 110 Å². The van der Waals surface area contributed by atoms with Crippen molar-refractivity contribution in [3.05, 3.63) is 86.1 Å². The number of ether oxygens (including phenoxy) is 3. The number of carbonyl (C=O) groups is 2. The molecule has 0 aliphatic heterocycles. The number of amides is 2. The van der Waals surface area contributed by atoms with Crippen LogP contribution in [-0.2, 0) is 22.5 Å². The van der Waals surface area contributed by atoms with Crippen LogP contribution < -0.4 is 14.8 Å². The Morgan fingerprint density at radius 2 is 1.71 bits per heavy atom. The molecule has 1 aromatic heterocycles. The third-order valence-corrected chi connectivity index (χ3v) is 8.45. The molecular formula is C33H38Cl3N3O6. The van der Waals surface area contributed by atoms with Gasteiger partial charge in [-0.3, -0.25) is 9.78 Å². The molecule has 2 N–H and O–H groups in total. The normalized spacial score (nSPS) is 14.0. The minimum atomic E-state index is -1.18. The molecule has 2 amide bonds. The summed E-state index contributed by atoms with van der Waals surface area (Å²) in [6.45, 7) is 4.70. The highest BCUT2D eigenvalue weighted by Crippen LogP contribution is 2.34. The van der Waals surface area contributed by atoms with Gasteiger partial charge >= 0.3 is 6.09 Å². The van der Waals surface area contributed by atoms with Gasteiger partial charge in [0.05, 0.1) is 32.8 Å². The lowest BCUT2D eigenvalue weighted by Crippen LogP contribution is -2.43. The lowest BCUT2D eigenvalue weighted by atomic mass is 9.97. The molecule has 1 fully saturated rings. The van der Waals surface area contributed by atoms with E-state index in [-0.39, 0.29) is 37.8 Å². The van der Waals surface area contributed by atoms with Crippen molar-refractivity contribution in [2.24, 2.45) is 5.92 Å². The van der Waals surface area contributed by atoms with E-state index in [0.29, 0.717) is 39.5 Å². The predicted molar refractivity (Wildman–Crippen MR) is 175 cm³/mol. The summed E-state index contributed by atoms with van der Waals surface area (Å²) < 4.78 is 17.1. The minimum Gasteiger partial charge on any atom is -0.490 e. The van der Waals surface area contributed by atoms with Crippen LogP contribution in [0.4, 0.5) is 4.79 Å². The lowest BCUT2D eigenvalue weighted by Gasteiger charge is -2.28. The quantitative estimate of drug-likeness (QED) is 0.151. The molecule has 2 unspecified atom stereocenters. The van der Waals surface area contributed by atoms with Crippen LogP contribution in [0.1, 0.15) is 54.7 Å². The van der Waals surface area contributed by atoms with Crippen molar-refractivity contribution < 1.29 is 28.9 Å². The molecule has 12 heteroatoms. The molecule has 4 rings (SSSR count). The zero-order valence-corrected chi connectivity index (χ0v) is 27.8. The van der Waals surface area contributed by atoms with Crippen LogP contribution in [0, 0.1) is 12.8 Å². The smallest absolute Gasteiger partial charge is 0.404 e. The number of nitrogens with one attached hydrogen (secondary N) is 1. The summed E-state index contributed by atoms with van der Waals surface area (Å²) in [5, 5.41) is 13.1. The number of aromatic nitrogens is 1. The van der Waals surface area contributed by atoms with E-state index in [2.05, 4.69) is 10.3 Å². The van der Waals surface area contributed by atoms with Gasteiger partial charge in [-0.25, -0.2) is 4.79 Å². The van der Waals surface area contributed by atoms with E-state index < -0.39 is 12.0 Å². The first-order valence-electron chi connectivity index (χ1n) is 14.8. The van der Waals surface area contributed by atoms with Crippen LogP contribution in [0.2, 0.25) is 15.1 Å². The number of hydrogen-bond acceptors (Lipinski definition) is 6. The van der Waals surface area contributed by atoms with Crippen molar-refractivity contribution in [3.63, 3.8) is 0 Å². The van der Waals surface area contributed by atoms with E-state index in [1.165, 1.54) is 0 Å². The molecule has 0 spiro atoms. The Hall–Kier alpha value is -3.24. The highest BCUT2D eigenvalue weighted by Gasteiger charge is 2.36. The van der Waals surface area contributed by atoms with E-state index in [1.54, 1.807) is 25.4 Å². The summed E-state index contributed by atoms with van der Waals surface area (Å²) in [6, 6.07) is 12.9. The summed E-state index contributed by atoms with van der Waals surface area (Å²) in [5.41, 5.74) is 3.34. The van der Waals surface area contributed by atoms with Crippen LogP contribution in [-0.4, -0.2) is 59.9 Å². The van der Waals surface area contributed by atoms with Gasteiger partial charge in [0.2, 0.25) is 5.91 Å². The number of benzene rings is 2. The van der Waals surface area contributed by atoms with Crippen LogP contribution in [0.25, 0.3) is 0 Å². The fourth-order valence-electron chi connectivity index (χ4n) is 5.08. The molecular weight excluding hydrogens is 641 g/mol. The third kappa shape index (κ3) is 9.87. The first-order chi connectivity index (χ1) is 21.6. The molecule has 0 bridgehead atoms. The number of carboxylic acid groups (broad SMARTS) is 1. The predicted octanol–water partition coefficient (Wildman–Crippen LogP) is 7.52. The first-order valence-corrected chi connectivity index (χ1v) is 16.0. The number of halogens is 3. The van der Waals surface area contributed by atoms with Crippen LogP contribution >= 0.6 is 34.8 Å². The van der Waals surface area contributed by atoms with E-state index in [9.17, 15) is 14.7 Å². The molecule has 0 radical (unpaired) electrons. The molecule has 1 saturated carbocycles. The number of nitrogens with zero attached hydrogens (tertiary/aromatic N) is 2. The maximum atomic E-state index is 14.0. The number of carbonyl (C=O) groups excluding carboxylic acids is 1. The lowest BCUT2D eigenvalue weighted by molar-refractivity contribution is -0.136. The second-order valence-corrected chi connectivity index (χ2v) is 12.2. The minimum absolute atomic E-state index is 0.0198. The van der Waals surface area contributed by atoms with Crippen molar-refractivity contribution in [1.29, 1.82) is 0 Å². The Balaban J connectivity index is 1.41. The molecule has 2 atom stereocenters. The molecule has 3 aromatic rings. The average Bonchev–Trinajstić information content (AvgIpc) is 3.85. The summed E-state index contributed by atoms with van der Waals surface area (Å²) >= 11 is 19.0. The number of hydrogen-bond donors (Lipinski definition) is 2. The van der Waals surface area contributed by atoms with Crippen molar-refractivity contribution >= 4 is 46.8 Å².